The fourth-order valence-corrected chi connectivity index (χ4v) is 3.90. The molecule has 0 saturated carbocycles. The minimum Gasteiger partial charge on any atom is -0.400 e. The highest BCUT2D eigenvalue weighted by Gasteiger charge is 2.18. The number of amides is 1. The van der Waals surface area contributed by atoms with Crippen molar-refractivity contribution >= 4 is 17.3 Å². The highest BCUT2D eigenvalue weighted by Crippen LogP contribution is 2.23. The number of aliphatic imine (C=N–C) groups is 1. The summed E-state index contributed by atoms with van der Waals surface area (Å²) < 4.78 is 5.47. The molecule has 1 saturated heterocycles. The molecule has 1 aliphatic heterocycles. The van der Waals surface area contributed by atoms with Gasteiger partial charge in [-0.2, -0.15) is 4.98 Å². The van der Waals surface area contributed by atoms with Crippen molar-refractivity contribution in [3.8, 4) is 11.5 Å². The van der Waals surface area contributed by atoms with Crippen molar-refractivity contribution in [1.82, 2.24) is 20.4 Å². The molecule has 0 bridgehead atoms. The molecule has 3 aromatic rings. The van der Waals surface area contributed by atoms with Crippen molar-refractivity contribution in [3.05, 3.63) is 89.4 Å². The molecule has 1 aliphatic rings. The Balaban J connectivity index is 1.63. The van der Waals surface area contributed by atoms with E-state index >= 15 is 0 Å². The number of nitrogens with two attached hydrogens (primary N) is 1. The minimum atomic E-state index is 0.0477. The average Bonchev–Trinajstić information content (AvgIpc) is 3.23. The van der Waals surface area contributed by atoms with Crippen molar-refractivity contribution in [1.29, 1.82) is 0 Å². The van der Waals surface area contributed by atoms with E-state index in [1.54, 1.807) is 6.92 Å². The molecule has 8 nitrogen and oxygen atoms in total. The summed E-state index contributed by atoms with van der Waals surface area (Å²) in [5.74, 6) is 0.765. The van der Waals surface area contributed by atoms with Gasteiger partial charge >= 0.3 is 0 Å². The van der Waals surface area contributed by atoms with Gasteiger partial charge in [-0.3, -0.25) is 4.79 Å². The van der Waals surface area contributed by atoms with E-state index in [0.29, 0.717) is 40.9 Å². The summed E-state index contributed by atoms with van der Waals surface area (Å²) >= 11 is 0. The molecule has 0 radical (unpaired) electrons. The molecule has 1 amide bonds. The number of aromatic nitrogens is 2. The number of hydrogen-bond donors (Lipinski definition) is 2. The van der Waals surface area contributed by atoms with Crippen LogP contribution in [-0.4, -0.2) is 52.8 Å². The number of carbonyl (C=O) groups is 1. The van der Waals surface area contributed by atoms with Crippen LogP contribution in [0.2, 0.25) is 0 Å². The van der Waals surface area contributed by atoms with Crippen LogP contribution in [0.15, 0.2) is 82.0 Å². The first-order valence-corrected chi connectivity index (χ1v) is 12.3. The number of rotatable bonds is 7. The normalized spacial score (nSPS) is 15.6. The monoisotopic (exact) mass is 484 g/mol. The molecule has 8 heteroatoms. The van der Waals surface area contributed by atoms with E-state index in [1.807, 2.05) is 71.6 Å². The SMILES string of the molecule is CC/C=C/C(=N\C(=C(/C)N)c1noc(-c2ccccc2)n1)c1ccc(C(=O)N2CCCNCC2)cc1. The lowest BCUT2D eigenvalue weighted by atomic mass is 10.1. The van der Waals surface area contributed by atoms with Crippen LogP contribution in [0.25, 0.3) is 17.2 Å². The lowest BCUT2D eigenvalue weighted by Gasteiger charge is -2.20. The van der Waals surface area contributed by atoms with E-state index in [1.165, 1.54) is 0 Å². The Hall–Kier alpha value is -4.04. The smallest absolute Gasteiger partial charge is 0.258 e. The Labute approximate surface area is 211 Å². The number of benzene rings is 2. The Morgan fingerprint density at radius 1 is 1.11 bits per heavy atom. The molecule has 3 N–H and O–H groups in total. The van der Waals surface area contributed by atoms with Crippen LogP contribution in [-0.2, 0) is 0 Å². The van der Waals surface area contributed by atoms with Crippen LogP contribution in [0.4, 0.5) is 0 Å². The van der Waals surface area contributed by atoms with Gasteiger partial charge in [0.25, 0.3) is 11.8 Å². The maximum atomic E-state index is 13.0. The Kier molecular flexibility index (Phi) is 8.41. The lowest BCUT2D eigenvalue weighted by Crippen LogP contribution is -2.34. The van der Waals surface area contributed by atoms with Crippen molar-refractivity contribution in [3.63, 3.8) is 0 Å². The molecule has 2 heterocycles. The van der Waals surface area contributed by atoms with E-state index in [-0.39, 0.29) is 5.91 Å². The molecule has 2 aromatic carbocycles. The van der Waals surface area contributed by atoms with Gasteiger partial charge in [0.1, 0.15) is 5.70 Å². The molecule has 186 valence electrons. The summed E-state index contributed by atoms with van der Waals surface area (Å²) in [6.07, 6.45) is 5.77. The van der Waals surface area contributed by atoms with Gasteiger partial charge in [-0.15, -0.1) is 0 Å². The molecule has 36 heavy (non-hydrogen) atoms. The highest BCUT2D eigenvalue weighted by molar-refractivity contribution is 6.11. The summed E-state index contributed by atoms with van der Waals surface area (Å²) in [4.78, 5) is 24.2. The van der Waals surface area contributed by atoms with E-state index < -0.39 is 0 Å². The number of nitrogens with one attached hydrogen (secondary N) is 1. The molecule has 1 fully saturated rings. The van der Waals surface area contributed by atoms with Crippen LogP contribution in [0.3, 0.4) is 0 Å². The average molecular weight is 485 g/mol. The summed E-state index contributed by atoms with van der Waals surface area (Å²) in [6, 6.07) is 17.1. The molecule has 4 rings (SSSR count). The first-order chi connectivity index (χ1) is 17.6. The summed E-state index contributed by atoms with van der Waals surface area (Å²) in [5, 5.41) is 7.46. The molecule has 1 aromatic heterocycles. The number of carbonyl (C=O) groups excluding carboxylic acids is 1. The van der Waals surface area contributed by atoms with Crippen LogP contribution in [0.1, 0.15) is 48.4 Å². The molecule has 0 atom stereocenters. The summed E-state index contributed by atoms with van der Waals surface area (Å²) in [5.41, 5.74) is 10.2. The maximum Gasteiger partial charge on any atom is 0.258 e. The molecule has 0 unspecified atom stereocenters. The molecule has 0 spiro atoms. The molecule has 0 aliphatic carbocycles. The minimum absolute atomic E-state index is 0.0477. The Morgan fingerprint density at radius 2 is 1.86 bits per heavy atom. The van der Waals surface area contributed by atoms with Gasteiger partial charge in [-0.25, -0.2) is 4.99 Å². The second-order valence-electron chi connectivity index (χ2n) is 8.60. The van der Waals surface area contributed by atoms with Gasteiger partial charge in [0.2, 0.25) is 5.82 Å². The third kappa shape index (κ3) is 6.14. The van der Waals surface area contributed by atoms with Crippen LogP contribution < -0.4 is 11.1 Å². The zero-order chi connectivity index (χ0) is 25.3. The predicted octanol–water partition coefficient (Wildman–Crippen LogP) is 4.27. The first kappa shape index (κ1) is 25.1. The van der Waals surface area contributed by atoms with Gasteiger partial charge in [-0.1, -0.05) is 48.5 Å². The summed E-state index contributed by atoms with van der Waals surface area (Å²) in [7, 11) is 0. The third-order valence-corrected chi connectivity index (χ3v) is 5.83. The van der Waals surface area contributed by atoms with Crippen LogP contribution in [0.5, 0.6) is 0 Å². The third-order valence-electron chi connectivity index (χ3n) is 5.83. The fourth-order valence-electron chi connectivity index (χ4n) is 3.90. The van der Waals surface area contributed by atoms with Crippen molar-refractivity contribution in [2.24, 2.45) is 10.7 Å². The summed E-state index contributed by atoms with van der Waals surface area (Å²) in [6.45, 7) is 7.05. The first-order valence-electron chi connectivity index (χ1n) is 12.3. The second-order valence-corrected chi connectivity index (χ2v) is 8.60. The van der Waals surface area contributed by atoms with E-state index in [2.05, 4.69) is 22.4 Å². The van der Waals surface area contributed by atoms with Gasteiger partial charge in [-0.05, 0) is 56.7 Å². The Morgan fingerprint density at radius 3 is 2.58 bits per heavy atom. The fraction of sp³-hybridized carbons (Fsp3) is 0.286. The number of allylic oxidation sites excluding steroid dienone is 3. The standard InChI is InChI=1S/C28H32N6O2/c1-3-4-11-24(21-12-14-23(15-13-21)28(35)34-18-8-16-30-17-19-34)31-25(20(2)29)26-32-27(36-33-26)22-9-6-5-7-10-22/h4-7,9-15,30H,3,8,16-19,29H2,1-2H3/b11-4+,25-20+,31-24+. The van der Waals surface area contributed by atoms with Crippen LogP contribution in [0, 0.1) is 0 Å². The number of nitrogens with zero attached hydrogens (tertiary/aromatic N) is 4. The number of hydrogen-bond acceptors (Lipinski definition) is 7. The van der Waals surface area contributed by atoms with Crippen molar-refractivity contribution in [2.75, 3.05) is 26.2 Å². The zero-order valence-corrected chi connectivity index (χ0v) is 20.8. The van der Waals surface area contributed by atoms with Gasteiger partial charge in [0, 0.05) is 42.0 Å². The van der Waals surface area contributed by atoms with E-state index in [4.69, 9.17) is 15.2 Å². The van der Waals surface area contributed by atoms with Crippen LogP contribution >= 0.6 is 0 Å². The van der Waals surface area contributed by atoms with E-state index in [9.17, 15) is 4.79 Å². The van der Waals surface area contributed by atoms with Gasteiger partial charge < -0.3 is 20.5 Å². The highest BCUT2D eigenvalue weighted by atomic mass is 16.5. The predicted molar refractivity (Wildman–Crippen MR) is 142 cm³/mol. The molecular weight excluding hydrogens is 452 g/mol. The largest absolute Gasteiger partial charge is 0.400 e. The quantitative estimate of drug-likeness (QED) is 0.485. The maximum absolute atomic E-state index is 13.0. The molecular formula is C28H32N6O2. The topological polar surface area (TPSA) is 110 Å². The zero-order valence-electron chi connectivity index (χ0n) is 20.8. The van der Waals surface area contributed by atoms with Gasteiger partial charge in [0.15, 0.2) is 0 Å². The van der Waals surface area contributed by atoms with Crippen molar-refractivity contribution < 1.29 is 9.32 Å². The van der Waals surface area contributed by atoms with Gasteiger partial charge in [0.05, 0.1) is 5.71 Å². The Bertz CT molecular complexity index is 1250. The van der Waals surface area contributed by atoms with E-state index in [0.717, 1.165) is 43.6 Å². The lowest BCUT2D eigenvalue weighted by molar-refractivity contribution is 0.0766. The van der Waals surface area contributed by atoms with Crippen molar-refractivity contribution in [2.45, 2.75) is 26.7 Å². The second kappa shape index (κ2) is 12.1.